The minimum absolute atomic E-state index is 0. The second-order valence-corrected chi connectivity index (χ2v) is 11.0. The molecular weight excluding hydrogens is 513 g/mol. The Balaban J connectivity index is 0.00000380. The van der Waals surface area contributed by atoms with E-state index >= 15 is 0 Å². The Morgan fingerprint density at radius 3 is 2.43 bits per heavy atom. The van der Waals surface area contributed by atoms with E-state index in [1.54, 1.807) is 45.0 Å². The molecule has 1 unspecified atom stereocenters. The maximum absolute atomic E-state index is 12.9. The molecule has 192 valence electrons. The van der Waals surface area contributed by atoms with E-state index in [1.807, 2.05) is 0 Å². The number of thioether (sulfide) groups is 1. The van der Waals surface area contributed by atoms with Crippen LogP contribution in [0.15, 0.2) is 24.3 Å². The second-order valence-electron chi connectivity index (χ2n) is 9.21. The van der Waals surface area contributed by atoms with Crippen molar-refractivity contribution < 1.29 is 63.4 Å². The number of urea groups is 1. The van der Waals surface area contributed by atoms with Gasteiger partial charge in [0, 0.05) is 30.1 Å². The summed E-state index contributed by atoms with van der Waals surface area (Å²) in [6.07, 6.45) is -0.0282. The zero-order valence-electron chi connectivity index (χ0n) is 21.0. The first-order valence-corrected chi connectivity index (χ1v) is 12.3. The van der Waals surface area contributed by atoms with Crippen LogP contribution in [0.25, 0.3) is 0 Å². The molecule has 0 radical (unpaired) electrons. The van der Waals surface area contributed by atoms with Crippen LogP contribution >= 0.6 is 11.8 Å². The number of nitrogens with one attached hydrogen (secondary N) is 2. The third kappa shape index (κ3) is 5.35. The van der Waals surface area contributed by atoms with E-state index in [9.17, 15) is 33.9 Å². The first-order valence-electron chi connectivity index (χ1n) is 11.5. The molecule has 4 rings (SSSR count). The van der Waals surface area contributed by atoms with E-state index in [0.717, 1.165) is 4.90 Å². The van der Waals surface area contributed by atoms with Gasteiger partial charge in [-0.3, -0.25) is 29.0 Å². The average Bonchev–Trinajstić information content (AvgIpc) is 3.08. The number of imide groups is 1. The second kappa shape index (κ2) is 11.0. The van der Waals surface area contributed by atoms with Crippen molar-refractivity contribution in [2.24, 2.45) is 0 Å². The van der Waals surface area contributed by atoms with E-state index in [4.69, 9.17) is 0 Å². The largest absolute Gasteiger partial charge is 1.00 e. The molecule has 0 spiro atoms. The predicted molar refractivity (Wildman–Crippen MR) is 126 cm³/mol. The van der Waals surface area contributed by atoms with E-state index in [0.29, 0.717) is 11.3 Å². The van der Waals surface area contributed by atoms with Gasteiger partial charge in [-0.25, -0.2) is 4.79 Å². The van der Waals surface area contributed by atoms with Crippen molar-refractivity contribution in [3.63, 3.8) is 0 Å². The number of aliphatic carboxylic acids is 1. The zero-order valence-corrected chi connectivity index (χ0v) is 23.8. The fourth-order valence-corrected chi connectivity index (χ4v) is 6.29. The van der Waals surface area contributed by atoms with Crippen LogP contribution in [0.1, 0.15) is 26.3 Å². The molecule has 0 aliphatic carbocycles. The van der Waals surface area contributed by atoms with E-state index in [1.165, 1.54) is 21.6 Å². The van der Waals surface area contributed by atoms with E-state index < -0.39 is 57.8 Å². The summed E-state index contributed by atoms with van der Waals surface area (Å²) < 4.78 is -0.736. The van der Waals surface area contributed by atoms with Gasteiger partial charge in [0.1, 0.15) is 11.4 Å². The fourth-order valence-electron chi connectivity index (χ4n) is 4.67. The first-order chi connectivity index (χ1) is 17.0. The van der Waals surface area contributed by atoms with Gasteiger partial charge in [-0.1, -0.05) is 12.1 Å². The van der Waals surface area contributed by atoms with Crippen LogP contribution in [0.2, 0.25) is 0 Å². The summed E-state index contributed by atoms with van der Waals surface area (Å²) in [5.74, 6) is -3.90. The Labute approximate surface area is 239 Å². The Hall–Kier alpha value is -2.61. The SMILES string of the molecule is CCN(C(=O)N1CCNC(=O)C1=O)c1ccc(CC(=O)NC2C(=O)N3[C@@H]2SC(C)(C)[C@@H]3C(=O)[O-])cc1.[Na+]. The molecule has 14 heteroatoms. The first kappa shape index (κ1) is 29.0. The number of β-lactam (4-membered cyclic amide) rings is 1. The molecule has 2 N–H and O–H groups in total. The molecule has 3 aliphatic rings. The number of piperazine rings is 1. The number of benzene rings is 1. The quantitative estimate of drug-likeness (QED) is 0.208. The van der Waals surface area contributed by atoms with Crippen molar-refractivity contribution >= 4 is 53.1 Å². The van der Waals surface area contributed by atoms with Gasteiger partial charge in [0.2, 0.25) is 11.8 Å². The molecule has 3 aliphatic heterocycles. The number of anilines is 1. The molecule has 1 aromatic rings. The summed E-state index contributed by atoms with van der Waals surface area (Å²) in [4.78, 5) is 76.7. The monoisotopic (exact) mass is 539 g/mol. The van der Waals surface area contributed by atoms with Gasteiger partial charge < -0.3 is 25.4 Å². The number of carboxylic acids is 1. The molecule has 3 atom stereocenters. The van der Waals surface area contributed by atoms with Gasteiger partial charge in [-0.05, 0) is 38.5 Å². The smallest absolute Gasteiger partial charge is 0.548 e. The summed E-state index contributed by atoms with van der Waals surface area (Å²) in [5.41, 5.74) is 1.12. The van der Waals surface area contributed by atoms with Crippen LogP contribution in [-0.2, 0) is 30.4 Å². The Morgan fingerprint density at radius 2 is 1.84 bits per heavy atom. The van der Waals surface area contributed by atoms with Crippen LogP contribution in [0, 0.1) is 0 Å². The molecule has 3 heterocycles. The van der Waals surface area contributed by atoms with Crippen molar-refractivity contribution in [2.45, 2.75) is 49.4 Å². The van der Waals surface area contributed by atoms with Gasteiger partial charge in [-0.2, -0.15) is 0 Å². The van der Waals surface area contributed by atoms with E-state index in [-0.39, 0.29) is 55.6 Å². The van der Waals surface area contributed by atoms with Gasteiger partial charge in [0.05, 0.1) is 18.4 Å². The molecule has 0 saturated carbocycles. The molecule has 12 nitrogen and oxygen atoms in total. The van der Waals surface area contributed by atoms with Crippen LogP contribution < -0.4 is 50.2 Å². The molecule has 37 heavy (non-hydrogen) atoms. The van der Waals surface area contributed by atoms with Gasteiger partial charge >= 0.3 is 47.4 Å². The summed E-state index contributed by atoms with van der Waals surface area (Å²) in [6, 6.07) is 4.11. The van der Waals surface area contributed by atoms with Gasteiger partial charge in [-0.15, -0.1) is 11.8 Å². The number of rotatable bonds is 6. The topological polar surface area (TPSA) is 159 Å². The summed E-state index contributed by atoms with van der Waals surface area (Å²) in [7, 11) is 0. The van der Waals surface area contributed by atoms with E-state index in [2.05, 4.69) is 10.6 Å². The number of hydrogen-bond donors (Lipinski definition) is 2. The van der Waals surface area contributed by atoms with Crippen molar-refractivity contribution in [2.75, 3.05) is 24.5 Å². The van der Waals surface area contributed by atoms with Crippen molar-refractivity contribution in [3.8, 4) is 0 Å². The van der Waals surface area contributed by atoms with Crippen LogP contribution in [0.3, 0.4) is 0 Å². The number of carboxylic acid groups (broad SMARTS) is 1. The number of carbonyl (C=O) groups is 6. The Kier molecular flexibility index (Phi) is 8.62. The normalized spacial score (nSPS) is 23.9. The van der Waals surface area contributed by atoms with Crippen LogP contribution in [0.4, 0.5) is 10.5 Å². The summed E-state index contributed by atoms with van der Waals surface area (Å²) in [5, 5.41) is 16.1. The molecule has 0 aromatic heterocycles. The molecule has 0 bridgehead atoms. The Morgan fingerprint density at radius 1 is 1.19 bits per heavy atom. The molecule has 3 fully saturated rings. The van der Waals surface area contributed by atoms with Crippen molar-refractivity contribution in [1.82, 2.24) is 20.4 Å². The molecule has 1 aromatic carbocycles. The van der Waals surface area contributed by atoms with Crippen LogP contribution in [-0.4, -0.2) is 87.3 Å². The van der Waals surface area contributed by atoms with Gasteiger partial charge in [0.25, 0.3) is 0 Å². The third-order valence-corrected chi connectivity index (χ3v) is 8.00. The predicted octanol–water partition coefficient (Wildman–Crippen LogP) is -4.57. The fraction of sp³-hybridized carbons (Fsp3) is 0.478. The molecule has 6 amide bonds. The number of fused-ring (bicyclic) bond motifs is 1. The third-order valence-electron chi connectivity index (χ3n) is 6.43. The van der Waals surface area contributed by atoms with Crippen molar-refractivity contribution in [1.29, 1.82) is 0 Å². The Bertz CT molecular complexity index is 1140. The maximum atomic E-state index is 12.9. The molecule has 3 saturated heterocycles. The number of amides is 6. The van der Waals surface area contributed by atoms with Crippen molar-refractivity contribution in [3.05, 3.63) is 29.8 Å². The molecular formula is C23H26N5NaO7S. The summed E-state index contributed by atoms with van der Waals surface area (Å²) >= 11 is 1.32. The number of nitrogens with zero attached hydrogens (tertiary/aromatic N) is 3. The average molecular weight is 540 g/mol. The maximum Gasteiger partial charge on any atom is 1.00 e. The zero-order chi connectivity index (χ0) is 26.4. The number of hydrogen-bond acceptors (Lipinski definition) is 8. The van der Waals surface area contributed by atoms with Crippen LogP contribution in [0.5, 0.6) is 0 Å². The minimum Gasteiger partial charge on any atom is -0.548 e. The minimum atomic E-state index is -1.32. The number of carbonyl (C=O) groups excluding carboxylic acids is 6. The standard InChI is InChI=1S/C23H27N5O7S.Na/c1-4-26(22(35)27-10-9-24-17(30)19(27)32)13-7-5-12(6-8-13)11-14(29)25-15-18(31)28-16(21(33)34)23(2,3)36-20(15)28;/h5-8,15-16,20H,4,9-11H2,1-3H3,(H,24,30)(H,25,29)(H,33,34);/q;+1/p-1/t15?,16-,20+;/m0./s1. The van der Waals surface area contributed by atoms with Gasteiger partial charge in [0.15, 0.2) is 0 Å². The summed E-state index contributed by atoms with van der Waals surface area (Å²) in [6.45, 7) is 5.71.